The number of imide groups is 1. The number of carbonyl (C=O) groups is 3. The Morgan fingerprint density at radius 1 is 1.07 bits per heavy atom. The van der Waals surface area contributed by atoms with E-state index in [2.05, 4.69) is 0 Å². The SMILES string of the molecule is O=C(O)C1CCC(C(N2C(=O)C=CC2=O)n2c(O)cc(S(=O)(=O)O)c2O)CC1. The zero-order valence-corrected chi connectivity index (χ0v) is 15.2. The summed E-state index contributed by atoms with van der Waals surface area (Å²) >= 11 is 0. The Morgan fingerprint density at radius 2 is 1.61 bits per heavy atom. The van der Waals surface area contributed by atoms with E-state index in [-0.39, 0.29) is 25.7 Å². The lowest BCUT2D eigenvalue weighted by atomic mass is 9.80. The van der Waals surface area contributed by atoms with Gasteiger partial charge in [-0.3, -0.25) is 28.4 Å². The molecule has 2 aliphatic rings. The van der Waals surface area contributed by atoms with Gasteiger partial charge < -0.3 is 15.3 Å². The molecule has 4 N–H and O–H groups in total. The first kappa shape index (κ1) is 19.9. The second kappa shape index (κ2) is 6.95. The first-order chi connectivity index (χ1) is 13.0. The Labute approximate surface area is 159 Å². The van der Waals surface area contributed by atoms with Crippen LogP contribution < -0.4 is 0 Å². The third-order valence-electron chi connectivity index (χ3n) is 5.15. The summed E-state index contributed by atoms with van der Waals surface area (Å²) in [7, 11) is -4.88. The molecule has 1 aliphatic carbocycles. The van der Waals surface area contributed by atoms with E-state index in [1.807, 2.05) is 0 Å². The largest absolute Gasteiger partial charge is 0.494 e. The minimum atomic E-state index is -4.88. The molecule has 0 saturated heterocycles. The fraction of sp³-hybridized carbons (Fsp3) is 0.438. The molecular weight excluding hydrogens is 396 g/mol. The third-order valence-corrected chi connectivity index (χ3v) is 6.00. The van der Waals surface area contributed by atoms with E-state index >= 15 is 0 Å². The normalized spacial score (nSPS) is 24.0. The lowest BCUT2D eigenvalue weighted by Gasteiger charge is -2.38. The highest BCUT2D eigenvalue weighted by Crippen LogP contribution is 2.44. The molecule has 12 heteroatoms. The van der Waals surface area contributed by atoms with Crippen molar-refractivity contribution in [1.82, 2.24) is 9.47 Å². The Balaban J connectivity index is 2.06. The van der Waals surface area contributed by atoms with Crippen LogP contribution in [0.4, 0.5) is 0 Å². The van der Waals surface area contributed by atoms with Crippen LogP contribution in [0.5, 0.6) is 11.8 Å². The zero-order valence-electron chi connectivity index (χ0n) is 14.4. The smallest absolute Gasteiger partial charge is 0.306 e. The molecular formula is C16H18N2O9S. The predicted molar refractivity (Wildman–Crippen MR) is 90.7 cm³/mol. The molecule has 1 aromatic rings. The summed E-state index contributed by atoms with van der Waals surface area (Å²) in [6.45, 7) is 0. The fourth-order valence-corrected chi connectivity index (χ4v) is 4.39. The number of carbonyl (C=O) groups excluding carboxylic acids is 2. The number of aromatic hydroxyl groups is 2. The monoisotopic (exact) mass is 414 g/mol. The van der Waals surface area contributed by atoms with Crippen LogP contribution in [0.2, 0.25) is 0 Å². The van der Waals surface area contributed by atoms with Crippen LogP contribution in [0, 0.1) is 11.8 Å². The van der Waals surface area contributed by atoms with E-state index in [9.17, 15) is 37.6 Å². The Hall–Kier alpha value is -2.86. The second-order valence-corrected chi connectivity index (χ2v) is 8.17. The van der Waals surface area contributed by atoms with Crippen molar-refractivity contribution in [3.05, 3.63) is 18.2 Å². The van der Waals surface area contributed by atoms with Crippen molar-refractivity contribution in [3.63, 3.8) is 0 Å². The average Bonchev–Trinajstić information content (AvgIpc) is 3.10. The number of amides is 2. The number of carboxylic acid groups (broad SMARTS) is 1. The van der Waals surface area contributed by atoms with Crippen LogP contribution in [-0.2, 0) is 24.5 Å². The maximum absolute atomic E-state index is 12.2. The van der Waals surface area contributed by atoms with Gasteiger partial charge in [0.15, 0.2) is 10.8 Å². The molecule has 0 spiro atoms. The third kappa shape index (κ3) is 3.36. The summed E-state index contributed by atoms with van der Waals surface area (Å²) in [5.41, 5.74) is 0. The summed E-state index contributed by atoms with van der Waals surface area (Å²) in [5.74, 6) is -5.37. The van der Waals surface area contributed by atoms with Gasteiger partial charge in [-0.1, -0.05) is 0 Å². The minimum absolute atomic E-state index is 0.244. The van der Waals surface area contributed by atoms with Gasteiger partial charge >= 0.3 is 5.97 Å². The van der Waals surface area contributed by atoms with Crippen molar-refractivity contribution in [2.75, 3.05) is 0 Å². The van der Waals surface area contributed by atoms with Gasteiger partial charge in [0.05, 0.1) is 5.92 Å². The van der Waals surface area contributed by atoms with Crippen LogP contribution in [0.25, 0.3) is 0 Å². The zero-order chi connectivity index (χ0) is 20.8. The summed E-state index contributed by atoms with van der Waals surface area (Å²) in [5, 5.41) is 29.7. The van der Waals surface area contributed by atoms with Crippen LogP contribution in [0.1, 0.15) is 31.8 Å². The summed E-state index contributed by atoms with van der Waals surface area (Å²) in [4.78, 5) is 35.4. The first-order valence-electron chi connectivity index (χ1n) is 8.41. The van der Waals surface area contributed by atoms with Crippen molar-refractivity contribution in [3.8, 4) is 11.8 Å². The Morgan fingerprint density at radius 3 is 2.04 bits per heavy atom. The molecule has 3 rings (SSSR count). The number of carboxylic acids is 1. The molecule has 11 nitrogen and oxygen atoms in total. The molecule has 1 aromatic heterocycles. The Bertz CT molecular complexity index is 952. The lowest BCUT2D eigenvalue weighted by molar-refractivity contribution is -0.148. The van der Waals surface area contributed by atoms with E-state index in [4.69, 9.17) is 5.11 Å². The molecule has 1 fully saturated rings. The summed E-state index contributed by atoms with van der Waals surface area (Å²) < 4.78 is 32.8. The lowest BCUT2D eigenvalue weighted by Crippen LogP contribution is -2.42. The number of hydrogen-bond donors (Lipinski definition) is 4. The number of aromatic nitrogens is 1. The highest BCUT2D eigenvalue weighted by Gasteiger charge is 2.43. The minimum Gasteiger partial charge on any atom is -0.494 e. The number of rotatable bonds is 5. The van der Waals surface area contributed by atoms with Crippen molar-refractivity contribution in [2.24, 2.45) is 11.8 Å². The van der Waals surface area contributed by atoms with Crippen molar-refractivity contribution in [1.29, 1.82) is 0 Å². The number of hydrogen-bond acceptors (Lipinski definition) is 7. The van der Waals surface area contributed by atoms with Crippen LogP contribution in [0.3, 0.4) is 0 Å². The summed E-state index contributed by atoms with van der Waals surface area (Å²) in [6.07, 6.45) is 1.69. The van der Waals surface area contributed by atoms with E-state index in [1.165, 1.54) is 0 Å². The molecule has 1 atom stereocenters. The molecule has 0 radical (unpaired) electrons. The van der Waals surface area contributed by atoms with Crippen molar-refractivity contribution >= 4 is 27.9 Å². The molecule has 1 unspecified atom stereocenters. The van der Waals surface area contributed by atoms with Crippen LogP contribution in [-0.4, -0.2) is 55.5 Å². The maximum Gasteiger partial charge on any atom is 0.306 e. The van der Waals surface area contributed by atoms with E-state index in [0.29, 0.717) is 10.6 Å². The molecule has 0 aromatic carbocycles. The van der Waals surface area contributed by atoms with Crippen molar-refractivity contribution < 1.29 is 42.7 Å². The van der Waals surface area contributed by atoms with Gasteiger partial charge in [0, 0.05) is 18.2 Å². The van der Waals surface area contributed by atoms with Gasteiger partial charge in [-0.2, -0.15) is 8.42 Å². The van der Waals surface area contributed by atoms with Crippen LogP contribution in [0.15, 0.2) is 23.1 Å². The maximum atomic E-state index is 12.2. The molecule has 152 valence electrons. The average molecular weight is 414 g/mol. The Kier molecular flexibility index (Phi) is 4.93. The number of aliphatic carboxylic acids is 1. The highest BCUT2D eigenvalue weighted by molar-refractivity contribution is 7.86. The standard InChI is InChI=1S/C16H18N2O9S/c19-11-5-6-12(20)17(11)14(8-1-3-9(4-2-8)16(23)24)18-13(21)7-10(15(18)22)28(25,26)27/h5-9,14,21-22H,1-4H2,(H,23,24)(H,25,26,27). The van der Waals surface area contributed by atoms with Gasteiger partial charge in [0.25, 0.3) is 21.9 Å². The van der Waals surface area contributed by atoms with E-state index in [1.54, 1.807) is 0 Å². The van der Waals surface area contributed by atoms with Gasteiger partial charge in [0.2, 0.25) is 5.88 Å². The topological polar surface area (TPSA) is 174 Å². The quantitative estimate of drug-likeness (QED) is 0.394. The van der Waals surface area contributed by atoms with E-state index in [0.717, 1.165) is 17.1 Å². The molecule has 2 heterocycles. The molecule has 0 bridgehead atoms. The predicted octanol–water partition coefficient (Wildman–Crippen LogP) is 0.461. The van der Waals surface area contributed by atoms with Crippen LogP contribution >= 0.6 is 0 Å². The molecule has 28 heavy (non-hydrogen) atoms. The van der Waals surface area contributed by atoms with Gasteiger partial charge in [0.1, 0.15) is 6.17 Å². The van der Waals surface area contributed by atoms with E-state index < -0.39 is 62.6 Å². The molecule has 2 amide bonds. The highest BCUT2D eigenvalue weighted by atomic mass is 32.2. The summed E-state index contributed by atoms with van der Waals surface area (Å²) in [6, 6.07) is 0.610. The second-order valence-electron chi connectivity index (χ2n) is 6.78. The molecule has 1 saturated carbocycles. The molecule has 1 aliphatic heterocycles. The van der Waals surface area contributed by atoms with Gasteiger partial charge in [-0.05, 0) is 31.6 Å². The van der Waals surface area contributed by atoms with Gasteiger partial charge in [-0.25, -0.2) is 0 Å². The fourth-order valence-electron chi connectivity index (χ4n) is 3.80. The first-order valence-corrected chi connectivity index (χ1v) is 9.85. The van der Waals surface area contributed by atoms with Gasteiger partial charge in [-0.15, -0.1) is 0 Å². The number of nitrogens with zero attached hydrogens (tertiary/aromatic N) is 2. The van der Waals surface area contributed by atoms with Crippen molar-refractivity contribution in [2.45, 2.75) is 36.7 Å².